The van der Waals surface area contributed by atoms with Gasteiger partial charge in [-0.1, -0.05) is 41.9 Å². The van der Waals surface area contributed by atoms with Crippen LogP contribution in [0.1, 0.15) is 52.1 Å². The minimum Gasteiger partial charge on any atom is -0.550 e. The number of carbonyl (C=O) groups excluding carboxylic acids is 1. The second-order valence-electron chi connectivity index (χ2n) is 9.05. The first-order chi connectivity index (χ1) is 17.0. The van der Waals surface area contributed by atoms with Crippen LogP contribution in [0.4, 0.5) is 8.78 Å². The van der Waals surface area contributed by atoms with Crippen molar-refractivity contribution < 1.29 is 63.2 Å². The van der Waals surface area contributed by atoms with E-state index in [2.05, 4.69) is 0 Å². The van der Waals surface area contributed by atoms with Crippen LogP contribution in [0.3, 0.4) is 0 Å². The number of benzene rings is 3. The molecule has 0 saturated carbocycles. The van der Waals surface area contributed by atoms with E-state index in [0.717, 1.165) is 16.7 Å². The minimum absolute atomic E-state index is 0. The standard InChI is InChI=1S/C28H29ClF2O5.Na/c1-15-8-22(28(23(29)9-15)36-14-21(33)12-20(32)13-26(34)35)27(18-4-6-24(30)16(2)10-18)19-5-7-25(31)17(3)11-19;/h4-11,20-21,27,32-33H,12-14H2,1-3H3,(H,34,35);/q;+1/p-1/t20-,21+;/m1./s1. The molecule has 0 aromatic heterocycles. The summed E-state index contributed by atoms with van der Waals surface area (Å²) >= 11 is 6.56. The summed E-state index contributed by atoms with van der Waals surface area (Å²) in [5.74, 6) is -2.37. The van der Waals surface area contributed by atoms with Crippen LogP contribution in [-0.2, 0) is 4.79 Å². The normalized spacial score (nSPS) is 12.7. The molecule has 0 fully saturated rings. The van der Waals surface area contributed by atoms with Crippen molar-refractivity contribution in [1.29, 1.82) is 0 Å². The van der Waals surface area contributed by atoms with E-state index in [0.29, 0.717) is 16.7 Å². The Morgan fingerprint density at radius 1 is 0.946 bits per heavy atom. The Hall–Kier alpha value is -2.00. The van der Waals surface area contributed by atoms with Gasteiger partial charge in [-0.2, -0.15) is 0 Å². The molecule has 3 aromatic carbocycles. The maximum Gasteiger partial charge on any atom is 1.00 e. The molecular weight excluding hydrogens is 513 g/mol. The fraction of sp³-hybridized carbons (Fsp3) is 0.321. The quantitative estimate of drug-likeness (QED) is 0.299. The van der Waals surface area contributed by atoms with Crippen LogP contribution in [0.5, 0.6) is 5.75 Å². The molecule has 0 saturated heterocycles. The van der Waals surface area contributed by atoms with Gasteiger partial charge in [0.15, 0.2) is 0 Å². The molecule has 0 amide bonds. The summed E-state index contributed by atoms with van der Waals surface area (Å²) in [4.78, 5) is 10.7. The number of carboxylic acids is 1. The Morgan fingerprint density at radius 3 is 1.97 bits per heavy atom. The van der Waals surface area contributed by atoms with E-state index in [4.69, 9.17) is 16.3 Å². The summed E-state index contributed by atoms with van der Waals surface area (Å²) in [6, 6.07) is 13.0. The van der Waals surface area contributed by atoms with Crippen LogP contribution < -0.4 is 39.4 Å². The van der Waals surface area contributed by atoms with Crippen molar-refractivity contribution in [2.45, 2.75) is 51.7 Å². The SMILES string of the molecule is Cc1cc(Cl)c(OC[C@@H](O)C[C@@H](O)CC(=O)[O-])c(C(c2ccc(F)c(C)c2)c2ccc(F)c(C)c2)c1.[Na+]. The Labute approximate surface area is 242 Å². The van der Waals surface area contributed by atoms with Crippen molar-refractivity contribution in [1.82, 2.24) is 0 Å². The van der Waals surface area contributed by atoms with Crippen molar-refractivity contribution in [3.05, 3.63) is 98.6 Å². The third-order valence-corrected chi connectivity index (χ3v) is 6.21. The number of ether oxygens (including phenoxy) is 1. The molecule has 0 aliphatic heterocycles. The number of hydrogen-bond acceptors (Lipinski definition) is 5. The van der Waals surface area contributed by atoms with Gasteiger partial charge in [-0.05, 0) is 66.8 Å². The average molecular weight is 541 g/mol. The third-order valence-electron chi connectivity index (χ3n) is 5.92. The fourth-order valence-electron chi connectivity index (χ4n) is 4.21. The summed E-state index contributed by atoms with van der Waals surface area (Å²) in [6.45, 7) is 4.90. The van der Waals surface area contributed by atoms with E-state index >= 15 is 0 Å². The summed E-state index contributed by atoms with van der Waals surface area (Å²) in [5.41, 5.74) is 3.80. The Bertz CT molecular complexity index is 1200. The first-order valence-corrected chi connectivity index (χ1v) is 11.8. The molecule has 3 aromatic rings. The van der Waals surface area contributed by atoms with Gasteiger partial charge >= 0.3 is 29.6 Å². The number of halogens is 3. The van der Waals surface area contributed by atoms with Gasteiger partial charge in [0.2, 0.25) is 0 Å². The monoisotopic (exact) mass is 540 g/mol. The Morgan fingerprint density at radius 2 is 1.49 bits per heavy atom. The third kappa shape index (κ3) is 8.24. The van der Waals surface area contributed by atoms with Crippen molar-refractivity contribution in [2.24, 2.45) is 0 Å². The molecule has 0 radical (unpaired) electrons. The molecular formula is C28H28ClF2NaO5. The summed E-state index contributed by atoms with van der Waals surface area (Å²) in [6.07, 6.45) is -3.31. The summed E-state index contributed by atoms with van der Waals surface area (Å²) in [5, 5.41) is 31.1. The van der Waals surface area contributed by atoms with E-state index in [-0.39, 0.29) is 65.0 Å². The van der Waals surface area contributed by atoms with E-state index in [9.17, 15) is 28.9 Å². The molecule has 2 atom stereocenters. The van der Waals surface area contributed by atoms with Crippen LogP contribution >= 0.6 is 11.6 Å². The van der Waals surface area contributed by atoms with Gasteiger partial charge in [-0.3, -0.25) is 0 Å². The second kappa shape index (κ2) is 13.7. The van der Waals surface area contributed by atoms with Crippen molar-refractivity contribution in [3.63, 3.8) is 0 Å². The number of aliphatic hydroxyl groups excluding tert-OH is 2. The maximum atomic E-state index is 14.1. The molecule has 0 spiro atoms. The first kappa shape index (κ1) is 31.2. The average Bonchev–Trinajstić information content (AvgIpc) is 2.77. The predicted octanol–water partition coefficient (Wildman–Crippen LogP) is 1.36. The number of aryl methyl sites for hydroxylation is 3. The number of hydrogen-bond donors (Lipinski definition) is 2. The van der Waals surface area contributed by atoms with Crippen LogP contribution in [0.2, 0.25) is 5.02 Å². The van der Waals surface area contributed by atoms with Crippen LogP contribution in [0.15, 0.2) is 48.5 Å². The van der Waals surface area contributed by atoms with E-state index in [1.807, 2.05) is 13.0 Å². The van der Waals surface area contributed by atoms with E-state index in [1.165, 1.54) is 12.1 Å². The molecule has 0 bridgehead atoms. The molecule has 37 heavy (non-hydrogen) atoms. The zero-order valence-corrected chi connectivity index (χ0v) is 24.0. The van der Waals surface area contributed by atoms with Crippen LogP contribution in [0, 0.1) is 32.4 Å². The van der Waals surface area contributed by atoms with Gasteiger partial charge in [0.1, 0.15) is 24.0 Å². The van der Waals surface area contributed by atoms with Gasteiger partial charge < -0.3 is 24.9 Å². The molecule has 9 heteroatoms. The molecule has 192 valence electrons. The van der Waals surface area contributed by atoms with Gasteiger partial charge in [0, 0.05) is 30.3 Å². The molecule has 0 aliphatic carbocycles. The van der Waals surface area contributed by atoms with Crippen molar-refractivity contribution in [3.8, 4) is 5.75 Å². The first-order valence-electron chi connectivity index (χ1n) is 11.5. The fourth-order valence-corrected chi connectivity index (χ4v) is 4.54. The maximum absolute atomic E-state index is 14.1. The smallest absolute Gasteiger partial charge is 0.550 e. The number of rotatable bonds is 10. The Kier molecular flexibility index (Phi) is 11.6. The zero-order chi connectivity index (χ0) is 26.6. The van der Waals surface area contributed by atoms with Gasteiger partial charge in [-0.25, -0.2) is 8.78 Å². The Balaban J connectivity index is 0.00000481. The zero-order valence-electron chi connectivity index (χ0n) is 21.2. The van der Waals surface area contributed by atoms with Crippen LogP contribution in [-0.4, -0.2) is 35.0 Å². The van der Waals surface area contributed by atoms with Gasteiger partial charge in [-0.15, -0.1) is 0 Å². The van der Waals surface area contributed by atoms with E-state index < -0.39 is 30.5 Å². The van der Waals surface area contributed by atoms with Crippen LogP contribution in [0.25, 0.3) is 0 Å². The summed E-state index contributed by atoms with van der Waals surface area (Å²) < 4.78 is 34.1. The van der Waals surface area contributed by atoms with E-state index in [1.54, 1.807) is 44.2 Å². The second-order valence-corrected chi connectivity index (χ2v) is 9.45. The number of carboxylic acid groups (broad SMARTS) is 1. The molecule has 0 heterocycles. The molecule has 0 aliphatic rings. The molecule has 2 N–H and O–H groups in total. The van der Waals surface area contributed by atoms with Crippen molar-refractivity contribution >= 4 is 17.6 Å². The number of carbonyl (C=O) groups is 1. The molecule has 0 unspecified atom stereocenters. The summed E-state index contributed by atoms with van der Waals surface area (Å²) in [7, 11) is 0. The largest absolute Gasteiger partial charge is 1.00 e. The number of aliphatic carboxylic acids is 1. The van der Waals surface area contributed by atoms with Crippen molar-refractivity contribution in [2.75, 3.05) is 6.61 Å². The predicted molar refractivity (Wildman–Crippen MR) is 131 cm³/mol. The topological polar surface area (TPSA) is 89.8 Å². The molecule has 3 rings (SSSR count). The van der Waals surface area contributed by atoms with Gasteiger partial charge in [0.25, 0.3) is 0 Å². The minimum atomic E-state index is -1.42. The molecule has 5 nitrogen and oxygen atoms in total. The van der Waals surface area contributed by atoms with Gasteiger partial charge in [0.05, 0.1) is 17.2 Å². The number of aliphatic hydroxyl groups is 2.